The van der Waals surface area contributed by atoms with Gasteiger partial charge in [0.05, 0.1) is 14.4 Å². The Balaban J connectivity index is 1.79. The Bertz CT molecular complexity index is 1010. The van der Waals surface area contributed by atoms with Gasteiger partial charge in [-0.05, 0) is 70.5 Å². The summed E-state index contributed by atoms with van der Waals surface area (Å²) in [5.74, 6) is 0.00587. The van der Waals surface area contributed by atoms with Crippen molar-refractivity contribution >= 4 is 61.1 Å². The van der Waals surface area contributed by atoms with Crippen LogP contribution in [0.2, 0.25) is 0 Å². The van der Waals surface area contributed by atoms with E-state index in [4.69, 9.17) is 5.73 Å². The van der Waals surface area contributed by atoms with Gasteiger partial charge in [-0.2, -0.15) is 0 Å². The van der Waals surface area contributed by atoms with Crippen LogP contribution in [0.25, 0.3) is 12.2 Å². The van der Waals surface area contributed by atoms with Gasteiger partial charge in [0.25, 0.3) is 10.0 Å². The quantitative estimate of drug-likeness (QED) is 0.591. The first kappa shape index (κ1) is 17.6. The maximum Gasteiger partial charge on any atom is 0.264 e. The number of nitrogen functional groups attached to an aromatic ring is 1. The summed E-state index contributed by atoms with van der Waals surface area (Å²) in [4.78, 5) is 9.31. The fraction of sp³-hybridized carbons (Fsp3) is 0. The molecular formula is C16H13BrN4O2S2. The molecule has 0 atom stereocenters. The van der Waals surface area contributed by atoms with E-state index < -0.39 is 10.0 Å². The second-order valence-electron chi connectivity index (χ2n) is 4.95. The highest BCUT2D eigenvalue weighted by Crippen LogP contribution is 2.23. The summed E-state index contributed by atoms with van der Waals surface area (Å²) < 4.78 is 28.1. The number of thiophene rings is 1. The van der Waals surface area contributed by atoms with E-state index in [2.05, 4.69) is 30.6 Å². The second kappa shape index (κ2) is 7.34. The van der Waals surface area contributed by atoms with Crippen LogP contribution in [0.4, 0.5) is 11.6 Å². The Labute approximate surface area is 157 Å². The van der Waals surface area contributed by atoms with E-state index in [9.17, 15) is 8.42 Å². The van der Waals surface area contributed by atoms with Crippen molar-refractivity contribution < 1.29 is 8.42 Å². The zero-order valence-electron chi connectivity index (χ0n) is 12.8. The fourth-order valence-corrected chi connectivity index (χ4v) is 4.20. The van der Waals surface area contributed by atoms with Gasteiger partial charge in [0, 0.05) is 16.8 Å². The maximum atomic E-state index is 12.4. The van der Waals surface area contributed by atoms with Crippen molar-refractivity contribution in [2.45, 2.75) is 4.90 Å². The van der Waals surface area contributed by atoms with Gasteiger partial charge in [-0.25, -0.2) is 23.1 Å². The molecule has 0 fully saturated rings. The highest BCUT2D eigenvalue weighted by atomic mass is 79.9. The monoisotopic (exact) mass is 436 g/mol. The van der Waals surface area contributed by atoms with Gasteiger partial charge in [-0.1, -0.05) is 0 Å². The minimum Gasteiger partial charge on any atom is -0.399 e. The Kier molecular flexibility index (Phi) is 5.16. The molecule has 0 bridgehead atoms. The third-order valence-electron chi connectivity index (χ3n) is 3.11. The van der Waals surface area contributed by atoms with Gasteiger partial charge < -0.3 is 5.73 Å². The molecule has 25 heavy (non-hydrogen) atoms. The summed E-state index contributed by atoms with van der Waals surface area (Å²) in [6, 6.07) is 11.5. The molecule has 0 aliphatic carbocycles. The molecule has 128 valence electrons. The summed E-state index contributed by atoms with van der Waals surface area (Å²) in [7, 11) is -3.77. The normalized spacial score (nSPS) is 11.7. The summed E-state index contributed by atoms with van der Waals surface area (Å²) in [5, 5.41) is 0. The molecule has 9 heteroatoms. The van der Waals surface area contributed by atoms with E-state index in [1.54, 1.807) is 23.5 Å². The van der Waals surface area contributed by atoms with Crippen LogP contribution in [0, 0.1) is 0 Å². The zero-order chi connectivity index (χ0) is 17.9. The molecule has 0 unspecified atom stereocenters. The minimum absolute atomic E-state index is 0.00587. The predicted molar refractivity (Wildman–Crippen MR) is 105 cm³/mol. The van der Waals surface area contributed by atoms with Crippen molar-refractivity contribution in [2.24, 2.45) is 0 Å². The third kappa shape index (κ3) is 4.65. The number of nitrogens with zero attached hydrogens (tertiary/aromatic N) is 2. The number of nitrogens with two attached hydrogens (primary N) is 1. The molecule has 3 aromatic rings. The van der Waals surface area contributed by atoms with Crippen LogP contribution in [-0.4, -0.2) is 18.4 Å². The first-order valence-electron chi connectivity index (χ1n) is 7.07. The number of hydrogen-bond donors (Lipinski definition) is 2. The molecule has 0 radical (unpaired) electrons. The molecule has 0 aliphatic heterocycles. The smallest absolute Gasteiger partial charge is 0.264 e. The van der Waals surface area contributed by atoms with E-state index >= 15 is 0 Å². The van der Waals surface area contributed by atoms with E-state index in [0.29, 0.717) is 11.4 Å². The molecule has 3 rings (SSSR count). The van der Waals surface area contributed by atoms with Crippen LogP contribution in [0.5, 0.6) is 0 Å². The number of hydrogen-bond acceptors (Lipinski definition) is 6. The molecule has 2 heterocycles. The van der Waals surface area contributed by atoms with Gasteiger partial charge >= 0.3 is 0 Å². The Morgan fingerprint density at radius 1 is 1.08 bits per heavy atom. The van der Waals surface area contributed by atoms with Crippen LogP contribution < -0.4 is 10.5 Å². The molecule has 0 saturated carbocycles. The number of benzene rings is 1. The van der Waals surface area contributed by atoms with Crippen LogP contribution in [-0.2, 0) is 10.0 Å². The number of rotatable bonds is 5. The van der Waals surface area contributed by atoms with Gasteiger partial charge in [-0.3, -0.25) is 0 Å². The lowest BCUT2D eigenvalue weighted by atomic mass is 10.3. The maximum absolute atomic E-state index is 12.4. The first-order chi connectivity index (χ1) is 11.9. The molecule has 0 saturated heterocycles. The van der Waals surface area contributed by atoms with Crippen LogP contribution in [0.15, 0.2) is 57.3 Å². The number of halogens is 1. The summed E-state index contributed by atoms with van der Waals surface area (Å²) in [5.41, 5.74) is 6.66. The summed E-state index contributed by atoms with van der Waals surface area (Å²) in [6.45, 7) is 0. The number of sulfonamides is 1. The van der Waals surface area contributed by atoms with Gasteiger partial charge in [-0.15, -0.1) is 11.3 Å². The molecule has 6 nitrogen and oxygen atoms in total. The van der Waals surface area contributed by atoms with Crippen molar-refractivity contribution in [1.29, 1.82) is 0 Å². The lowest BCUT2D eigenvalue weighted by Gasteiger charge is -2.07. The van der Waals surface area contributed by atoms with Gasteiger partial charge in [0.2, 0.25) is 5.95 Å². The molecule has 2 aromatic heterocycles. The Hall–Kier alpha value is -2.23. The van der Waals surface area contributed by atoms with E-state index in [-0.39, 0.29) is 10.8 Å². The Morgan fingerprint density at radius 3 is 2.52 bits per heavy atom. The molecule has 0 spiro atoms. The van der Waals surface area contributed by atoms with Crippen molar-refractivity contribution in [3.8, 4) is 0 Å². The average Bonchev–Trinajstić information content (AvgIpc) is 2.99. The van der Waals surface area contributed by atoms with Crippen molar-refractivity contribution in [3.63, 3.8) is 0 Å². The average molecular weight is 437 g/mol. The molecular weight excluding hydrogens is 424 g/mol. The van der Waals surface area contributed by atoms with Gasteiger partial charge in [0.15, 0.2) is 0 Å². The van der Waals surface area contributed by atoms with E-state index in [0.717, 1.165) is 8.66 Å². The van der Waals surface area contributed by atoms with Crippen molar-refractivity contribution in [1.82, 2.24) is 9.97 Å². The van der Waals surface area contributed by atoms with Crippen molar-refractivity contribution in [3.05, 3.63) is 63.0 Å². The minimum atomic E-state index is -3.77. The summed E-state index contributed by atoms with van der Waals surface area (Å²) >= 11 is 4.99. The van der Waals surface area contributed by atoms with E-state index in [1.807, 2.05) is 18.2 Å². The van der Waals surface area contributed by atoms with E-state index in [1.165, 1.54) is 30.5 Å². The molecule has 1 aromatic carbocycles. The predicted octanol–water partition coefficient (Wildman–Crippen LogP) is 3.85. The lowest BCUT2D eigenvalue weighted by Crippen LogP contribution is -2.15. The summed E-state index contributed by atoms with van der Waals surface area (Å²) in [6.07, 6.45) is 5.19. The first-order valence-corrected chi connectivity index (χ1v) is 10.2. The fourth-order valence-electron chi connectivity index (χ4n) is 1.93. The number of aromatic nitrogens is 2. The second-order valence-corrected chi connectivity index (χ2v) is 9.13. The van der Waals surface area contributed by atoms with Crippen LogP contribution in [0.3, 0.4) is 0 Å². The topological polar surface area (TPSA) is 98.0 Å². The zero-order valence-corrected chi connectivity index (χ0v) is 16.0. The highest BCUT2D eigenvalue weighted by molar-refractivity contribution is 9.11. The standard InChI is InChI=1S/C16H13BrN4O2S2/c17-15-8-5-13(24-15)4-3-12-9-10-19-16(20-12)21-25(22,23)14-6-1-11(18)2-7-14/h1-10H,18H2,(H,19,20,21)/b4-3+. The molecule has 0 amide bonds. The SMILES string of the molecule is Nc1ccc(S(=O)(=O)Nc2nccc(/C=C/c3ccc(Br)s3)n2)cc1. The number of anilines is 2. The number of nitrogens with one attached hydrogen (secondary N) is 1. The third-order valence-corrected chi connectivity index (χ3v) is 6.04. The largest absolute Gasteiger partial charge is 0.399 e. The Morgan fingerprint density at radius 2 is 1.84 bits per heavy atom. The van der Waals surface area contributed by atoms with Crippen LogP contribution in [0.1, 0.15) is 10.6 Å². The van der Waals surface area contributed by atoms with Crippen molar-refractivity contribution in [2.75, 3.05) is 10.5 Å². The molecule has 0 aliphatic rings. The lowest BCUT2D eigenvalue weighted by molar-refractivity contribution is 0.601. The van der Waals surface area contributed by atoms with Gasteiger partial charge in [0.1, 0.15) is 0 Å². The molecule has 3 N–H and O–H groups in total. The highest BCUT2D eigenvalue weighted by Gasteiger charge is 2.15. The van der Waals surface area contributed by atoms with Crippen LogP contribution >= 0.6 is 27.3 Å².